The molecule has 0 radical (unpaired) electrons. The highest BCUT2D eigenvalue weighted by Crippen LogP contribution is 2.28. The number of hydrogen-bond acceptors (Lipinski definition) is 6. The standard InChI is InChI=1S/C11H12F2N4O2/c12-10(13)18-8-4-2-1-3-7(8)15-11-17-16-9(19-11)5-6-14/h1-4,10H,5-6,14H2,(H,15,17). The fourth-order valence-electron chi connectivity index (χ4n) is 1.41. The van der Waals surface area contributed by atoms with Crippen LogP contribution >= 0.6 is 0 Å². The fourth-order valence-corrected chi connectivity index (χ4v) is 1.41. The van der Waals surface area contributed by atoms with E-state index in [0.29, 0.717) is 24.5 Å². The average molecular weight is 270 g/mol. The molecule has 0 unspecified atom stereocenters. The minimum absolute atomic E-state index is 0.00363. The van der Waals surface area contributed by atoms with Crippen molar-refractivity contribution >= 4 is 11.7 Å². The Balaban J connectivity index is 2.13. The topological polar surface area (TPSA) is 86.2 Å². The smallest absolute Gasteiger partial charge is 0.387 e. The molecule has 0 saturated heterocycles. The molecule has 2 rings (SSSR count). The molecule has 0 amide bonds. The van der Waals surface area contributed by atoms with E-state index < -0.39 is 6.61 Å². The van der Waals surface area contributed by atoms with Gasteiger partial charge in [-0.1, -0.05) is 17.2 Å². The molecular formula is C11H12F2N4O2. The molecule has 0 atom stereocenters. The SMILES string of the molecule is NCCc1nnc(Nc2ccccc2OC(F)F)o1. The number of alkyl halides is 2. The Morgan fingerprint density at radius 2 is 2.11 bits per heavy atom. The van der Waals surface area contributed by atoms with Crippen LogP contribution < -0.4 is 15.8 Å². The van der Waals surface area contributed by atoms with Crippen LogP contribution in [0, 0.1) is 0 Å². The zero-order chi connectivity index (χ0) is 13.7. The summed E-state index contributed by atoms with van der Waals surface area (Å²) in [5, 5.41) is 10.2. The molecule has 0 aliphatic rings. The Labute approximate surface area is 107 Å². The van der Waals surface area contributed by atoms with Crippen molar-refractivity contribution < 1.29 is 17.9 Å². The van der Waals surface area contributed by atoms with E-state index in [0.717, 1.165) is 0 Å². The molecule has 0 aliphatic heterocycles. The van der Waals surface area contributed by atoms with Gasteiger partial charge < -0.3 is 20.2 Å². The third kappa shape index (κ3) is 3.62. The predicted molar refractivity (Wildman–Crippen MR) is 63.4 cm³/mol. The Bertz CT molecular complexity index is 533. The van der Waals surface area contributed by atoms with Crippen LogP contribution in [0.3, 0.4) is 0 Å². The maximum Gasteiger partial charge on any atom is 0.387 e. The number of nitrogens with zero attached hydrogens (tertiary/aromatic N) is 2. The molecule has 102 valence electrons. The Kier molecular flexibility index (Phi) is 4.24. The molecular weight excluding hydrogens is 258 g/mol. The second-order valence-corrected chi connectivity index (χ2v) is 3.54. The summed E-state index contributed by atoms with van der Waals surface area (Å²) in [5.74, 6) is 0.369. The van der Waals surface area contributed by atoms with Crippen molar-refractivity contribution in [2.24, 2.45) is 5.73 Å². The molecule has 0 fully saturated rings. The maximum absolute atomic E-state index is 12.2. The van der Waals surface area contributed by atoms with E-state index >= 15 is 0 Å². The van der Waals surface area contributed by atoms with Crippen LogP contribution in [0.1, 0.15) is 5.89 Å². The van der Waals surface area contributed by atoms with Crippen molar-refractivity contribution in [1.29, 1.82) is 0 Å². The quantitative estimate of drug-likeness (QED) is 0.834. The first-order valence-electron chi connectivity index (χ1n) is 5.52. The lowest BCUT2D eigenvalue weighted by Gasteiger charge is -2.09. The van der Waals surface area contributed by atoms with Crippen molar-refractivity contribution in [3.05, 3.63) is 30.2 Å². The second-order valence-electron chi connectivity index (χ2n) is 3.54. The normalized spacial score (nSPS) is 10.7. The summed E-state index contributed by atoms with van der Waals surface area (Å²) in [4.78, 5) is 0. The molecule has 19 heavy (non-hydrogen) atoms. The van der Waals surface area contributed by atoms with Crippen LogP contribution in [0.2, 0.25) is 0 Å². The molecule has 3 N–H and O–H groups in total. The molecule has 0 aliphatic carbocycles. The van der Waals surface area contributed by atoms with E-state index in [1.165, 1.54) is 6.07 Å². The first-order chi connectivity index (χ1) is 9.19. The summed E-state index contributed by atoms with van der Waals surface area (Å²) in [7, 11) is 0. The number of nitrogens with two attached hydrogens (primary N) is 1. The Hall–Kier alpha value is -2.22. The van der Waals surface area contributed by atoms with Crippen LogP contribution in [0.4, 0.5) is 20.5 Å². The van der Waals surface area contributed by atoms with Crippen LogP contribution in [0.15, 0.2) is 28.7 Å². The van der Waals surface area contributed by atoms with Gasteiger partial charge in [0.15, 0.2) is 0 Å². The summed E-state index contributed by atoms with van der Waals surface area (Å²) >= 11 is 0. The minimum Gasteiger partial charge on any atom is -0.433 e. The van der Waals surface area contributed by atoms with Crippen LogP contribution in [-0.4, -0.2) is 23.4 Å². The number of anilines is 2. The zero-order valence-corrected chi connectivity index (χ0v) is 9.85. The number of ether oxygens (including phenoxy) is 1. The fraction of sp³-hybridized carbons (Fsp3) is 0.273. The van der Waals surface area contributed by atoms with Gasteiger partial charge in [-0.15, -0.1) is 5.10 Å². The molecule has 6 nitrogen and oxygen atoms in total. The highest BCUT2D eigenvalue weighted by molar-refractivity contribution is 5.61. The lowest BCUT2D eigenvalue weighted by Crippen LogP contribution is -2.04. The molecule has 0 saturated carbocycles. The predicted octanol–water partition coefficient (Wildman–Crippen LogP) is 1.92. The van der Waals surface area contributed by atoms with E-state index in [4.69, 9.17) is 10.2 Å². The van der Waals surface area contributed by atoms with Crippen molar-refractivity contribution in [3.8, 4) is 5.75 Å². The average Bonchev–Trinajstić information content (AvgIpc) is 2.79. The van der Waals surface area contributed by atoms with Gasteiger partial charge in [0, 0.05) is 13.0 Å². The van der Waals surface area contributed by atoms with E-state index in [1.54, 1.807) is 18.2 Å². The van der Waals surface area contributed by atoms with Gasteiger partial charge in [0.25, 0.3) is 0 Å². The van der Waals surface area contributed by atoms with E-state index in [-0.39, 0.29) is 11.8 Å². The van der Waals surface area contributed by atoms with Crippen molar-refractivity contribution in [1.82, 2.24) is 10.2 Å². The van der Waals surface area contributed by atoms with Gasteiger partial charge in [-0.2, -0.15) is 8.78 Å². The monoisotopic (exact) mass is 270 g/mol. The van der Waals surface area contributed by atoms with Gasteiger partial charge in [0.05, 0.1) is 5.69 Å². The van der Waals surface area contributed by atoms with Gasteiger partial charge >= 0.3 is 12.6 Å². The van der Waals surface area contributed by atoms with Crippen molar-refractivity contribution in [2.45, 2.75) is 13.0 Å². The number of para-hydroxylation sites is 2. The maximum atomic E-state index is 12.2. The third-order valence-electron chi connectivity index (χ3n) is 2.17. The summed E-state index contributed by atoms with van der Waals surface area (Å²) in [6.07, 6.45) is 0.448. The Morgan fingerprint density at radius 1 is 1.32 bits per heavy atom. The van der Waals surface area contributed by atoms with Gasteiger partial charge in [0.2, 0.25) is 5.89 Å². The number of hydrogen-bond donors (Lipinski definition) is 2. The number of benzene rings is 1. The van der Waals surface area contributed by atoms with Crippen LogP contribution in [0.5, 0.6) is 5.75 Å². The van der Waals surface area contributed by atoms with Crippen LogP contribution in [0.25, 0.3) is 0 Å². The van der Waals surface area contributed by atoms with E-state index in [1.807, 2.05) is 0 Å². The second kappa shape index (κ2) is 6.10. The summed E-state index contributed by atoms with van der Waals surface area (Å²) in [6, 6.07) is 6.30. The van der Waals surface area contributed by atoms with Gasteiger partial charge in [-0.05, 0) is 12.1 Å². The molecule has 1 aromatic heterocycles. The number of halogens is 2. The van der Waals surface area contributed by atoms with Gasteiger partial charge in [-0.25, -0.2) is 0 Å². The van der Waals surface area contributed by atoms with Crippen molar-refractivity contribution in [3.63, 3.8) is 0 Å². The van der Waals surface area contributed by atoms with Gasteiger partial charge in [-0.3, -0.25) is 0 Å². The number of aromatic nitrogens is 2. The minimum atomic E-state index is -2.90. The number of nitrogens with one attached hydrogen (secondary N) is 1. The van der Waals surface area contributed by atoms with E-state index in [9.17, 15) is 8.78 Å². The third-order valence-corrected chi connectivity index (χ3v) is 2.17. The number of rotatable bonds is 6. The summed E-state index contributed by atoms with van der Waals surface area (Å²) in [5.41, 5.74) is 5.66. The molecule has 1 heterocycles. The summed E-state index contributed by atoms with van der Waals surface area (Å²) < 4.78 is 34.1. The summed E-state index contributed by atoms with van der Waals surface area (Å²) in [6.45, 7) is -2.52. The van der Waals surface area contributed by atoms with Crippen molar-refractivity contribution in [2.75, 3.05) is 11.9 Å². The van der Waals surface area contributed by atoms with Crippen LogP contribution in [-0.2, 0) is 6.42 Å². The molecule has 0 spiro atoms. The lowest BCUT2D eigenvalue weighted by molar-refractivity contribution is -0.0493. The highest BCUT2D eigenvalue weighted by Gasteiger charge is 2.11. The Morgan fingerprint density at radius 3 is 2.84 bits per heavy atom. The molecule has 1 aromatic carbocycles. The molecule has 2 aromatic rings. The largest absolute Gasteiger partial charge is 0.433 e. The highest BCUT2D eigenvalue weighted by atomic mass is 19.3. The van der Waals surface area contributed by atoms with Gasteiger partial charge in [0.1, 0.15) is 5.75 Å². The first-order valence-corrected chi connectivity index (χ1v) is 5.52. The van der Waals surface area contributed by atoms with E-state index in [2.05, 4.69) is 20.3 Å². The zero-order valence-electron chi connectivity index (χ0n) is 9.85. The molecule has 0 bridgehead atoms. The lowest BCUT2D eigenvalue weighted by atomic mass is 10.3. The first kappa shape index (κ1) is 13.2. The molecule has 8 heteroatoms.